The Morgan fingerprint density at radius 1 is 1.12 bits per heavy atom. The number of rotatable bonds is 6. The first-order valence-corrected chi connectivity index (χ1v) is 7.52. The Labute approximate surface area is 138 Å². The summed E-state index contributed by atoms with van der Waals surface area (Å²) >= 11 is 0. The molecule has 1 amide bonds. The molecular formula is C18H16N2O4. The molecule has 6 nitrogen and oxygen atoms in total. The number of nitrogens with one attached hydrogen (secondary N) is 1. The maximum Gasteiger partial charge on any atom is 0.308 e. The topological polar surface area (TPSA) is 92.4 Å². The standard InChI is InChI=1S/C18H16N2O4/c21-17(16-7-8-24-20-16)19-11-15(18(22)23)10-12-5-6-13-3-1-2-4-14(13)9-12/h1-9,15H,10-11H2,(H,19,21)(H,22,23)/t15-/m1/s1. The van der Waals surface area contributed by atoms with Gasteiger partial charge in [0.15, 0.2) is 5.69 Å². The van der Waals surface area contributed by atoms with Crippen molar-refractivity contribution in [2.24, 2.45) is 5.92 Å². The molecule has 0 aliphatic heterocycles. The number of carbonyl (C=O) groups is 2. The van der Waals surface area contributed by atoms with Crippen LogP contribution in [0, 0.1) is 5.92 Å². The number of carboxylic acid groups (broad SMARTS) is 1. The maximum atomic E-state index is 11.8. The molecule has 24 heavy (non-hydrogen) atoms. The summed E-state index contributed by atoms with van der Waals surface area (Å²) in [6.07, 6.45) is 1.62. The van der Waals surface area contributed by atoms with Crippen LogP contribution in [0.3, 0.4) is 0 Å². The summed E-state index contributed by atoms with van der Waals surface area (Å²) in [7, 11) is 0. The summed E-state index contributed by atoms with van der Waals surface area (Å²) in [5.41, 5.74) is 1.04. The molecule has 2 N–H and O–H groups in total. The van der Waals surface area contributed by atoms with Gasteiger partial charge in [0.25, 0.3) is 5.91 Å². The number of carboxylic acids is 1. The van der Waals surface area contributed by atoms with Gasteiger partial charge in [0, 0.05) is 12.6 Å². The second-order valence-electron chi connectivity index (χ2n) is 5.52. The van der Waals surface area contributed by atoms with Crippen molar-refractivity contribution in [3.8, 4) is 0 Å². The van der Waals surface area contributed by atoms with E-state index in [-0.39, 0.29) is 12.2 Å². The first-order chi connectivity index (χ1) is 11.6. The van der Waals surface area contributed by atoms with Crippen molar-refractivity contribution in [1.29, 1.82) is 0 Å². The zero-order chi connectivity index (χ0) is 16.9. The molecule has 0 fully saturated rings. The fourth-order valence-corrected chi connectivity index (χ4v) is 2.53. The molecule has 3 rings (SSSR count). The van der Waals surface area contributed by atoms with Crippen LogP contribution in [0.1, 0.15) is 16.1 Å². The van der Waals surface area contributed by atoms with E-state index in [0.717, 1.165) is 16.3 Å². The van der Waals surface area contributed by atoms with Crippen molar-refractivity contribution in [2.45, 2.75) is 6.42 Å². The highest BCUT2D eigenvalue weighted by atomic mass is 16.5. The normalized spacial score (nSPS) is 12.0. The second-order valence-corrected chi connectivity index (χ2v) is 5.52. The number of hydrogen-bond donors (Lipinski definition) is 2. The molecule has 0 unspecified atom stereocenters. The van der Waals surface area contributed by atoms with Crippen molar-refractivity contribution >= 4 is 22.6 Å². The minimum Gasteiger partial charge on any atom is -0.481 e. The van der Waals surface area contributed by atoms with Crippen LogP contribution in [0.25, 0.3) is 10.8 Å². The largest absolute Gasteiger partial charge is 0.481 e. The zero-order valence-corrected chi connectivity index (χ0v) is 12.8. The quantitative estimate of drug-likeness (QED) is 0.727. The molecule has 0 radical (unpaired) electrons. The number of carbonyl (C=O) groups excluding carboxylic acids is 1. The number of aliphatic carboxylic acids is 1. The lowest BCUT2D eigenvalue weighted by Crippen LogP contribution is -2.34. The van der Waals surface area contributed by atoms with E-state index in [1.54, 1.807) is 0 Å². The number of fused-ring (bicyclic) bond motifs is 1. The van der Waals surface area contributed by atoms with Crippen molar-refractivity contribution in [1.82, 2.24) is 10.5 Å². The molecule has 3 aromatic rings. The zero-order valence-electron chi connectivity index (χ0n) is 12.8. The van der Waals surface area contributed by atoms with Crippen LogP contribution in [-0.4, -0.2) is 28.7 Å². The number of benzene rings is 2. The lowest BCUT2D eigenvalue weighted by atomic mass is 9.97. The van der Waals surface area contributed by atoms with E-state index < -0.39 is 17.8 Å². The maximum absolute atomic E-state index is 11.8. The average molecular weight is 324 g/mol. The van der Waals surface area contributed by atoms with Gasteiger partial charge < -0.3 is 14.9 Å². The summed E-state index contributed by atoms with van der Waals surface area (Å²) in [6, 6.07) is 15.2. The van der Waals surface area contributed by atoms with E-state index in [1.807, 2.05) is 42.5 Å². The van der Waals surface area contributed by atoms with E-state index in [1.165, 1.54) is 12.3 Å². The van der Waals surface area contributed by atoms with Gasteiger partial charge in [-0.05, 0) is 22.8 Å². The van der Waals surface area contributed by atoms with Crippen LogP contribution >= 0.6 is 0 Å². The second kappa shape index (κ2) is 6.95. The van der Waals surface area contributed by atoms with E-state index >= 15 is 0 Å². The highest BCUT2D eigenvalue weighted by molar-refractivity contribution is 5.92. The van der Waals surface area contributed by atoms with Gasteiger partial charge >= 0.3 is 5.97 Å². The third-order valence-corrected chi connectivity index (χ3v) is 3.82. The molecule has 0 saturated carbocycles. The molecule has 2 aromatic carbocycles. The van der Waals surface area contributed by atoms with Gasteiger partial charge in [0.05, 0.1) is 5.92 Å². The van der Waals surface area contributed by atoms with Crippen molar-refractivity contribution < 1.29 is 19.2 Å². The van der Waals surface area contributed by atoms with E-state index in [2.05, 4.69) is 15.0 Å². The van der Waals surface area contributed by atoms with Gasteiger partial charge in [-0.15, -0.1) is 0 Å². The molecule has 0 aliphatic rings. The highest BCUT2D eigenvalue weighted by Crippen LogP contribution is 2.18. The van der Waals surface area contributed by atoms with Gasteiger partial charge in [0.1, 0.15) is 6.26 Å². The predicted octanol–water partition coefficient (Wildman–Crippen LogP) is 2.50. The van der Waals surface area contributed by atoms with Gasteiger partial charge in [-0.3, -0.25) is 9.59 Å². The highest BCUT2D eigenvalue weighted by Gasteiger charge is 2.20. The SMILES string of the molecule is O=C(NC[C@@H](Cc1ccc2ccccc2c1)C(=O)O)c1ccon1. The Kier molecular flexibility index (Phi) is 4.56. The summed E-state index contributed by atoms with van der Waals surface area (Å²) in [6.45, 7) is 0.0217. The summed E-state index contributed by atoms with van der Waals surface area (Å²) < 4.78 is 4.60. The lowest BCUT2D eigenvalue weighted by molar-refractivity contribution is -0.141. The summed E-state index contributed by atoms with van der Waals surface area (Å²) in [5.74, 6) is -2.13. The number of nitrogens with zero attached hydrogens (tertiary/aromatic N) is 1. The fourth-order valence-electron chi connectivity index (χ4n) is 2.53. The van der Waals surface area contributed by atoms with Crippen LogP contribution in [0.2, 0.25) is 0 Å². The van der Waals surface area contributed by atoms with E-state index in [0.29, 0.717) is 6.42 Å². The third kappa shape index (κ3) is 3.60. The Hall–Kier alpha value is -3.15. The molecule has 1 heterocycles. The van der Waals surface area contributed by atoms with E-state index in [4.69, 9.17) is 0 Å². The molecule has 1 aromatic heterocycles. The van der Waals surface area contributed by atoms with Gasteiger partial charge in [-0.2, -0.15) is 0 Å². The summed E-state index contributed by atoms with van der Waals surface area (Å²) in [5, 5.41) is 17.7. The monoisotopic (exact) mass is 324 g/mol. The van der Waals surface area contributed by atoms with Crippen LogP contribution in [0.4, 0.5) is 0 Å². The third-order valence-electron chi connectivity index (χ3n) is 3.82. The Morgan fingerprint density at radius 2 is 1.92 bits per heavy atom. The van der Waals surface area contributed by atoms with Gasteiger partial charge in [0.2, 0.25) is 0 Å². The van der Waals surface area contributed by atoms with Crippen LogP contribution < -0.4 is 5.32 Å². The van der Waals surface area contributed by atoms with Crippen LogP contribution in [0.5, 0.6) is 0 Å². The Bertz CT molecular complexity index is 858. The first kappa shape index (κ1) is 15.7. The van der Waals surface area contributed by atoms with Crippen molar-refractivity contribution in [3.63, 3.8) is 0 Å². The fraction of sp³-hybridized carbons (Fsp3) is 0.167. The van der Waals surface area contributed by atoms with Gasteiger partial charge in [-0.25, -0.2) is 0 Å². The smallest absolute Gasteiger partial charge is 0.308 e. The molecule has 122 valence electrons. The molecular weight excluding hydrogens is 308 g/mol. The Balaban J connectivity index is 1.68. The number of aromatic nitrogens is 1. The van der Waals surface area contributed by atoms with Gasteiger partial charge in [-0.1, -0.05) is 47.6 Å². The average Bonchev–Trinajstić information content (AvgIpc) is 3.12. The number of hydrogen-bond acceptors (Lipinski definition) is 4. The Morgan fingerprint density at radius 3 is 2.62 bits per heavy atom. The van der Waals surface area contributed by atoms with Crippen molar-refractivity contribution in [2.75, 3.05) is 6.54 Å². The lowest BCUT2D eigenvalue weighted by Gasteiger charge is -2.13. The molecule has 0 aliphatic carbocycles. The van der Waals surface area contributed by atoms with Crippen LogP contribution in [0.15, 0.2) is 59.3 Å². The minimum absolute atomic E-state index is 0.0217. The van der Waals surface area contributed by atoms with Crippen LogP contribution in [-0.2, 0) is 11.2 Å². The van der Waals surface area contributed by atoms with E-state index in [9.17, 15) is 14.7 Å². The molecule has 0 spiro atoms. The first-order valence-electron chi connectivity index (χ1n) is 7.52. The minimum atomic E-state index is -0.955. The molecule has 0 bridgehead atoms. The van der Waals surface area contributed by atoms with Crippen molar-refractivity contribution in [3.05, 3.63) is 66.1 Å². The molecule has 0 saturated heterocycles. The summed E-state index contributed by atoms with van der Waals surface area (Å²) in [4.78, 5) is 23.3. The predicted molar refractivity (Wildman–Crippen MR) is 87.6 cm³/mol. The molecule has 6 heteroatoms. The number of amides is 1. The molecule has 1 atom stereocenters.